The predicted molar refractivity (Wildman–Crippen MR) is 140 cm³/mol. The van der Waals surface area contributed by atoms with Crippen molar-refractivity contribution < 1.29 is 19.1 Å². The van der Waals surface area contributed by atoms with E-state index in [1.165, 1.54) is 17.0 Å². The summed E-state index contributed by atoms with van der Waals surface area (Å²) in [5.74, 6) is -0.608. The van der Waals surface area contributed by atoms with Gasteiger partial charge in [-0.2, -0.15) is 0 Å². The first-order valence-corrected chi connectivity index (χ1v) is 12.2. The Balaban J connectivity index is 1.69. The number of rotatable bonds is 8. The molecule has 0 aliphatic carbocycles. The van der Waals surface area contributed by atoms with E-state index in [1.807, 2.05) is 54.6 Å². The minimum absolute atomic E-state index is 0.0574. The van der Waals surface area contributed by atoms with Gasteiger partial charge in [-0.3, -0.25) is 4.79 Å². The normalized spacial score (nSPS) is 11.7. The SMILES string of the molecule is O=C(O)C(Cc1ccccc1)N(Cc1ccc(-c2ccc(Br)cc2)o1)C(=O)c1ccc(Cl)cc1Cl. The van der Waals surface area contributed by atoms with Crippen LogP contribution in [0, 0.1) is 0 Å². The molecular weight excluding hydrogens is 553 g/mol. The second-order valence-electron chi connectivity index (χ2n) is 7.87. The van der Waals surface area contributed by atoms with Crippen molar-refractivity contribution in [1.82, 2.24) is 4.90 Å². The second kappa shape index (κ2) is 11.1. The number of amides is 1. The van der Waals surface area contributed by atoms with Crippen LogP contribution in [0.3, 0.4) is 0 Å². The van der Waals surface area contributed by atoms with Crippen molar-refractivity contribution >= 4 is 51.0 Å². The number of carbonyl (C=O) groups excluding carboxylic acids is 1. The molecule has 1 unspecified atom stereocenters. The molecule has 4 rings (SSSR count). The van der Waals surface area contributed by atoms with Crippen LogP contribution in [0.2, 0.25) is 10.0 Å². The Bertz CT molecular complexity index is 1340. The highest BCUT2D eigenvalue weighted by atomic mass is 79.9. The minimum Gasteiger partial charge on any atom is -0.480 e. The Morgan fingerprint density at radius 3 is 2.31 bits per heavy atom. The molecule has 0 bridgehead atoms. The third-order valence-electron chi connectivity index (χ3n) is 5.47. The maximum absolute atomic E-state index is 13.6. The predicted octanol–water partition coefficient (Wildman–Crippen LogP) is 7.35. The lowest BCUT2D eigenvalue weighted by Crippen LogP contribution is -2.46. The standard InChI is InChI=1S/C27H20BrCl2NO4/c28-19-8-6-18(7-9-19)25-13-11-21(35-25)16-31(26(32)22-12-10-20(29)15-23(22)30)24(27(33)34)14-17-4-2-1-3-5-17/h1-13,15,24H,14,16H2,(H,33,34). The Morgan fingerprint density at radius 2 is 1.66 bits per heavy atom. The van der Waals surface area contributed by atoms with E-state index in [0.29, 0.717) is 16.5 Å². The molecule has 178 valence electrons. The van der Waals surface area contributed by atoms with Gasteiger partial charge in [0.2, 0.25) is 0 Å². The molecule has 4 aromatic rings. The Morgan fingerprint density at radius 1 is 0.943 bits per heavy atom. The van der Waals surface area contributed by atoms with Crippen LogP contribution in [-0.2, 0) is 17.8 Å². The van der Waals surface area contributed by atoms with E-state index in [-0.39, 0.29) is 23.6 Å². The maximum Gasteiger partial charge on any atom is 0.326 e. The lowest BCUT2D eigenvalue weighted by molar-refractivity contribution is -0.142. The summed E-state index contributed by atoms with van der Waals surface area (Å²) >= 11 is 15.7. The van der Waals surface area contributed by atoms with Gasteiger partial charge in [-0.1, -0.05) is 81.6 Å². The number of nitrogens with zero attached hydrogens (tertiary/aromatic N) is 1. The number of carboxylic acid groups (broad SMARTS) is 1. The molecule has 1 aromatic heterocycles. The van der Waals surface area contributed by atoms with E-state index < -0.39 is 17.9 Å². The lowest BCUT2D eigenvalue weighted by Gasteiger charge is -2.29. The van der Waals surface area contributed by atoms with Crippen molar-refractivity contribution in [1.29, 1.82) is 0 Å². The number of aliphatic carboxylic acids is 1. The molecule has 0 saturated carbocycles. The number of benzene rings is 3. The zero-order valence-corrected chi connectivity index (χ0v) is 21.4. The fourth-order valence-corrected chi connectivity index (χ4v) is 4.46. The van der Waals surface area contributed by atoms with Gasteiger partial charge in [0.1, 0.15) is 17.6 Å². The summed E-state index contributed by atoms with van der Waals surface area (Å²) < 4.78 is 6.94. The molecule has 1 N–H and O–H groups in total. The molecule has 3 aromatic carbocycles. The van der Waals surface area contributed by atoms with E-state index >= 15 is 0 Å². The summed E-state index contributed by atoms with van der Waals surface area (Å²) in [5.41, 5.74) is 1.81. The van der Waals surface area contributed by atoms with Gasteiger partial charge < -0.3 is 14.4 Å². The van der Waals surface area contributed by atoms with Crippen LogP contribution in [0.5, 0.6) is 0 Å². The number of carbonyl (C=O) groups is 2. The van der Waals surface area contributed by atoms with Crippen molar-refractivity contribution in [2.75, 3.05) is 0 Å². The minimum atomic E-state index is -1.15. The van der Waals surface area contributed by atoms with Crippen molar-refractivity contribution in [3.63, 3.8) is 0 Å². The largest absolute Gasteiger partial charge is 0.480 e. The molecule has 1 amide bonds. The third kappa shape index (κ3) is 6.14. The zero-order valence-electron chi connectivity index (χ0n) is 18.3. The number of hydrogen-bond donors (Lipinski definition) is 1. The summed E-state index contributed by atoms with van der Waals surface area (Å²) in [6, 6.07) is 23.6. The first-order valence-electron chi connectivity index (χ1n) is 10.7. The van der Waals surface area contributed by atoms with Crippen LogP contribution in [0.4, 0.5) is 0 Å². The molecule has 1 heterocycles. The molecule has 5 nitrogen and oxygen atoms in total. The summed E-state index contributed by atoms with van der Waals surface area (Å²) in [7, 11) is 0. The first kappa shape index (κ1) is 25.0. The fourth-order valence-electron chi connectivity index (χ4n) is 3.71. The van der Waals surface area contributed by atoms with Crippen LogP contribution in [0.25, 0.3) is 11.3 Å². The Hall–Kier alpha value is -3.06. The smallest absolute Gasteiger partial charge is 0.326 e. The average molecular weight is 573 g/mol. The Labute approximate surface area is 221 Å². The summed E-state index contributed by atoms with van der Waals surface area (Å²) in [6.45, 7) is -0.0574. The number of carboxylic acids is 1. The highest BCUT2D eigenvalue weighted by Crippen LogP contribution is 2.28. The lowest BCUT2D eigenvalue weighted by atomic mass is 10.0. The number of hydrogen-bond acceptors (Lipinski definition) is 3. The van der Waals surface area contributed by atoms with Crippen LogP contribution in [-0.4, -0.2) is 27.9 Å². The summed E-state index contributed by atoms with van der Waals surface area (Å²) in [5, 5.41) is 10.6. The van der Waals surface area contributed by atoms with Crippen LogP contribution >= 0.6 is 39.1 Å². The number of halogens is 3. The Kier molecular flexibility index (Phi) is 7.96. The van der Waals surface area contributed by atoms with Crippen LogP contribution < -0.4 is 0 Å². The molecule has 1 atom stereocenters. The zero-order chi connectivity index (χ0) is 24.9. The van der Waals surface area contributed by atoms with E-state index in [0.717, 1.165) is 15.6 Å². The molecule has 0 radical (unpaired) electrons. The molecule has 35 heavy (non-hydrogen) atoms. The van der Waals surface area contributed by atoms with E-state index in [2.05, 4.69) is 15.9 Å². The summed E-state index contributed by atoms with van der Waals surface area (Å²) in [6.07, 6.45) is 0.118. The third-order valence-corrected chi connectivity index (χ3v) is 6.55. The van der Waals surface area contributed by atoms with Crippen LogP contribution in [0.15, 0.2) is 93.8 Å². The molecule has 0 fully saturated rings. The van der Waals surface area contributed by atoms with Gasteiger partial charge in [-0.25, -0.2) is 4.79 Å². The van der Waals surface area contributed by atoms with Crippen molar-refractivity contribution in [3.05, 3.63) is 116 Å². The average Bonchev–Trinajstić information content (AvgIpc) is 3.30. The van der Waals surface area contributed by atoms with Gasteiger partial charge in [0.25, 0.3) is 5.91 Å². The van der Waals surface area contributed by atoms with E-state index in [9.17, 15) is 14.7 Å². The number of furan rings is 1. The molecular formula is C27H20BrCl2NO4. The molecule has 8 heteroatoms. The fraction of sp³-hybridized carbons (Fsp3) is 0.111. The monoisotopic (exact) mass is 571 g/mol. The van der Waals surface area contributed by atoms with Gasteiger partial charge in [-0.15, -0.1) is 0 Å². The molecule has 0 aliphatic rings. The second-order valence-corrected chi connectivity index (χ2v) is 9.63. The first-order chi connectivity index (χ1) is 16.8. The van der Waals surface area contributed by atoms with E-state index in [1.54, 1.807) is 18.2 Å². The maximum atomic E-state index is 13.6. The molecule has 0 aliphatic heterocycles. The van der Waals surface area contributed by atoms with Crippen molar-refractivity contribution in [3.8, 4) is 11.3 Å². The van der Waals surface area contributed by atoms with E-state index in [4.69, 9.17) is 27.6 Å². The van der Waals surface area contributed by atoms with Gasteiger partial charge in [0.05, 0.1) is 17.1 Å². The van der Waals surface area contributed by atoms with Gasteiger partial charge in [0.15, 0.2) is 0 Å². The van der Waals surface area contributed by atoms with Crippen molar-refractivity contribution in [2.45, 2.75) is 19.0 Å². The van der Waals surface area contributed by atoms with Crippen molar-refractivity contribution in [2.24, 2.45) is 0 Å². The topological polar surface area (TPSA) is 70.8 Å². The van der Waals surface area contributed by atoms with Gasteiger partial charge in [-0.05, 0) is 48.0 Å². The highest BCUT2D eigenvalue weighted by molar-refractivity contribution is 9.10. The van der Waals surface area contributed by atoms with Crippen LogP contribution in [0.1, 0.15) is 21.7 Å². The molecule has 0 saturated heterocycles. The summed E-state index contributed by atoms with van der Waals surface area (Å²) in [4.78, 5) is 27.3. The quantitative estimate of drug-likeness (QED) is 0.239. The van der Waals surface area contributed by atoms with Gasteiger partial charge >= 0.3 is 5.97 Å². The highest BCUT2D eigenvalue weighted by Gasteiger charge is 2.32. The molecule has 0 spiro atoms. The van der Waals surface area contributed by atoms with Gasteiger partial charge in [0, 0.05) is 21.5 Å².